The highest BCUT2D eigenvalue weighted by atomic mass is 32.1. The van der Waals surface area contributed by atoms with E-state index >= 15 is 0 Å². The highest BCUT2D eigenvalue weighted by Gasteiger charge is 2.08. The number of alkyl halides is 1. The molecule has 0 unspecified atom stereocenters. The first-order valence-corrected chi connectivity index (χ1v) is 6.18. The summed E-state index contributed by atoms with van der Waals surface area (Å²) in [5, 5.41) is 4.00. The molecule has 2 aromatic rings. The molecule has 0 amide bonds. The third kappa shape index (κ3) is 2.85. The molecule has 0 N–H and O–H groups in total. The highest BCUT2D eigenvalue weighted by molar-refractivity contribution is 7.78. The molecule has 96 valence electrons. The highest BCUT2D eigenvalue weighted by Crippen LogP contribution is 2.19. The number of nitrogens with zero attached hydrogens (tertiary/aromatic N) is 2. The van der Waals surface area contributed by atoms with Gasteiger partial charge in [0.15, 0.2) is 0 Å². The van der Waals surface area contributed by atoms with Crippen LogP contribution in [0.5, 0.6) is 5.88 Å². The van der Waals surface area contributed by atoms with Gasteiger partial charge in [0.2, 0.25) is 5.88 Å². The van der Waals surface area contributed by atoms with Crippen molar-refractivity contribution < 1.29 is 9.13 Å². The van der Waals surface area contributed by atoms with E-state index in [0.29, 0.717) is 18.1 Å². The lowest BCUT2D eigenvalue weighted by molar-refractivity contribution is 0.289. The first-order valence-electron chi connectivity index (χ1n) is 5.78. The fourth-order valence-corrected chi connectivity index (χ4v) is 2.01. The van der Waals surface area contributed by atoms with Gasteiger partial charge in [-0.1, -0.05) is 25.1 Å². The Morgan fingerprint density at radius 2 is 2.11 bits per heavy atom. The third-order valence-electron chi connectivity index (χ3n) is 2.81. The molecule has 18 heavy (non-hydrogen) atoms. The first kappa shape index (κ1) is 13.0. The molecule has 0 radical (unpaired) electrons. The zero-order valence-electron chi connectivity index (χ0n) is 10.1. The van der Waals surface area contributed by atoms with Crippen molar-refractivity contribution in [3.05, 3.63) is 47.2 Å². The van der Waals surface area contributed by atoms with Crippen LogP contribution in [0, 0.1) is 0 Å². The maximum atomic E-state index is 12.9. The second-order valence-electron chi connectivity index (χ2n) is 3.91. The number of ether oxygens (including phenoxy) is 1. The SMILES string of the molecule is CCc1cccc(CF)c1COc1ccn(S)n1. The summed E-state index contributed by atoms with van der Waals surface area (Å²) >= 11 is 4.03. The third-order valence-corrected chi connectivity index (χ3v) is 3.03. The average molecular weight is 266 g/mol. The Hall–Kier alpha value is -1.49. The van der Waals surface area contributed by atoms with Gasteiger partial charge in [-0.15, -0.1) is 5.10 Å². The Labute approximate surface area is 111 Å². The van der Waals surface area contributed by atoms with E-state index in [1.54, 1.807) is 18.3 Å². The second kappa shape index (κ2) is 5.91. The van der Waals surface area contributed by atoms with Gasteiger partial charge in [-0.25, -0.2) is 8.48 Å². The number of halogens is 1. The molecular weight excluding hydrogens is 251 g/mol. The number of rotatable bonds is 5. The Bertz CT molecular complexity index is 505. The minimum Gasteiger partial charge on any atom is -0.472 e. The predicted octanol–water partition coefficient (Wildman–Crippen LogP) is 3.19. The van der Waals surface area contributed by atoms with Crippen LogP contribution < -0.4 is 4.74 Å². The van der Waals surface area contributed by atoms with Crippen molar-refractivity contribution in [2.75, 3.05) is 0 Å². The fourth-order valence-electron chi connectivity index (χ4n) is 1.85. The molecule has 0 bridgehead atoms. The number of hydrogen-bond donors (Lipinski definition) is 1. The van der Waals surface area contributed by atoms with Gasteiger partial charge in [0.25, 0.3) is 0 Å². The molecule has 3 nitrogen and oxygen atoms in total. The zero-order valence-corrected chi connectivity index (χ0v) is 11.0. The lowest BCUT2D eigenvalue weighted by Crippen LogP contribution is -2.04. The number of thiol groups is 1. The van der Waals surface area contributed by atoms with E-state index < -0.39 is 6.67 Å². The minimum atomic E-state index is -0.479. The number of aryl methyl sites for hydroxylation is 1. The molecule has 1 aromatic heterocycles. The molecular formula is C13H15FN2OS. The summed E-state index contributed by atoms with van der Waals surface area (Å²) in [4.78, 5) is 0. The molecule has 0 saturated heterocycles. The Morgan fingerprint density at radius 3 is 2.72 bits per heavy atom. The van der Waals surface area contributed by atoms with Crippen LogP contribution in [-0.4, -0.2) is 9.19 Å². The van der Waals surface area contributed by atoms with Crippen LogP contribution in [0.1, 0.15) is 23.6 Å². The fraction of sp³-hybridized carbons (Fsp3) is 0.308. The Morgan fingerprint density at radius 1 is 1.33 bits per heavy atom. The summed E-state index contributed by atoms with van der Waals surface area (Å²) in [7, 11) is 0. The van der Waals surface area contributed by atoms with Crippen molar-refractivity contribution in [3.63, 3.8) is 0 Å². The minimum absolute atomic E-state index is 0.327. The molecule has 0 aliphatic rings. The lowest BCUT2D eigenvalue weighted by atomic mass is 10.0. The van der Waals surface area contributed by atoms with E-state index in [9.17, 15) is 4.39 Å². The van der Waals surface area contributed by atoms with Gasteiger partial charge >= 0.3 is 0 Å². The molecule has 5 heteroatoms. The van der Waals surface area contributed by atoms with Gasteiger partial charge in [0, 0.05) is 12.3 Å². The van der Waals surface area contributed by atoms with Crippen LogP contribution in [0.15, 0.2) is 30.5 Å². The summed E-state index contributed by atoms with van der Waals surface area (Å²) in [5.41, 5.74) is 2.70. The topological polar surface area (TPSA) is 27.1 Å². The van der Waals surface area contributed by atoms with Gasteiger partial charge in [0.05, 0.1) is 0 Å². The normalized spacial score (nSPS) is 10.6. The molecule has 0 saturated carbocycles. The van der Waals surface area contributed by atoms with Crippen molar-refractivity contribution in [3.8, 4) is 5.88 Å². The maximum absolute atomic E-state index is 12.9. The van der Waals surface area contributed by atoms with Crippen LogP contribution in [0.3, 0.4) is 0 Å². The van der Waals surface area contributed by atoms with E-state index in [0.717, 1.165) is 17.5 Å². The van der Waals surface area contributed by atoms with Crippen LogP contribution in [0.25, 0.3) is 0 Å². The van der Waals surface area contributed by atoms with E-state index in [1.165, 1.54) is 4.09 Å². The van der Waals surface area contributed by atoms with E-state index in [-0.39, 0.29) is 0 Å². The number of aromatic nitrogens is 2. The molecule has 0 atom stereocenters. The Balaban J connectivity index is 2.17. The van der Waals surface area contributed by atoms with Crippen LogP contribution in [0.2, 0.25) is 0 Å². The van der Waals surface area contributed by atoms with Crippen LogP contribution >= 0.6 is 12.8 Å². The van der Waals surface area contributed by atoms with E-state index in [2.05, 4.69) is 17.9 Å². The predicted molar refractivity (Wildman–Crippen MR) is 71.6 cm³/mol. The smallest absolute Gasteiger partial charge is 0.234 e. The van der Waals surface area contributed by atoms with Gasteiger partial charge < -0.3 is 4.74 Å². The number of hydrogen-bond acceptors (Lipinski definition) is 3. The summed E-state index contributed by atoms with van der Waals surface area (Å²) in [6.45, 7) is 1.89. The molecule has 0 spiro atoms. The van der Waals surface area contributed by atoms with E-state index in [4.69, 9.17) is 4.74 Å². The standard InChI is InChI=1S/C13H15FN2OS/c1-2-10-4-3-5-11(8-14)12(10)9-17-13-6-7-16(18)15-13/h3-7,18H,2,8-9H2,1H3. The van der Waals surface area contributed by atoms with Gasteiger partial charge in [-0.2, -0.15) is 0 Å². The van der Waals surface area contributed by atoms with Gasteiger partial charge in [0.1, 0.15) is 13.3 Å². The van der Waals surface area contributed by atoms with Crippen LogP contribution in [0.4, 0.5) is 4.39 Å². The lowest BCUT2D eigenvalue weighted by Gasteiger charge is -2.12. The zero-order chi connectivity index (χ0) is 13.0. The quantitative estimate of drug-likeness (QED) is 0.841. The number of benzene rings is 1. The summed E-state index contributed by atoms with van der Waals surface area (Å²) in [5.74, 6) is 0.487. The average Bonchev–Trinajstić information content (AvgIpc) is 2.81. The summed E-state index contributed by atoms with van der Waals surface area (Å²) < 4.78 is 19.9. The van der Waals surface area contributed by atoms with Crippen molar-refractivity contribution in [1.82, 2.24) is 9.19 Å². The van der Waals surface area contributed by atoms with Crippen molar-refractivity contribution in [2.45, 2.75) is 26.6 Å². The van der Waals surface area contributed by atoms with Gasteiger partial charge in [-0.05, 0) is 35.9 Å². The molecule has 0 aliphatic heterocycles. The largest absolute Gasteiger partial charge is 0.472 e. The van der Waals surface area contributed by atoms with Crippen LogP contribution in [-0.2, 0) is 19.7 Å². The molecule has 2 rings (SSSR count). The summed E-state index contributed by atoms with van der Waals surface area (Å²) in [6, 6.07) is 7.38. The monoisotopic (exact) mass is 266 g/mol. The molecule has 1 heterocycles. The van der Waals surface area contributed by atoms with E-state index in [1.807, 2.05) is 19.1 Å². The maximum Gasteiger partial charge on any atom is 0.234 e. The molecule has 1 aromatic carbocycles. The van der Waals surface area contributed by atoms with Gasteiger partial charge in [-0.3, -0.25) is 0 Å². The second-order valence-corrected chi connectivity index (χ2v) is 4.31. The Kier molecular flexibility index (Phi) is 4.25. The van der Waals surface area contributed by atoms with Crippen molar-refractivity contribution in [2.24, 2.45) is 0 Å². The van der Waals surface area contributed by atoms with Crippen molar-refractivity contribution in [1.29, 1.82) is 0 Å². The summed E-state index contributed by atoms with van der Waals surface area (Å²) in [6.07, 6.45) is 2.54. The molecule has 0 aliphatic carbocycles. The molecule has 0 fully saturated rings. The van der Waals surface area contributed by atoms with Crippen molar-refractivity contribution >= 4 is 12.8 Å². The first-order chi connectivity index (χ1) is 8.74.